The average Bonchev–Trinajstić information content (AvgIpc) is 1.38. The molecular weight excluding hydrogens is 1410 g/mol. The Morgan fingerprint density at radius 3 is 1.04 bits per heavy atom. The van der Waals surface area contributed by atoms with Crippen molar-refractivity contribution in [2.75, 3.05) is 13.6 Å². The zero-order chi connectivity index (χ0) is 73.5. The van der Waals surface area contributed by atoms with E-state index in [0.29, 0.717) is 40.2 Å². The Labute approximate surface area is 647 Å². The van der Waals surface area contributed by atoms with Gasteiger partial charge in [-0.25, -0.2) is 29.9 Å². The van der Waals surface area contributed by atoms with Crippen LogP contribution in [0.3, 0.4) is 0 Å². The lowest BCUT2D eigenvalue weighted by Gasteiger charge is -2.50. The third kappa shape index (κ3) is 3.79. The molecule has 3 atom stereocenters. The van der Waals surface area contributed by atoms with Crippen LogP contribution in [0.4, 0.5) is 0 Å². The van der Waals surface area contributed by atoms with Gasteiger partial charge in [0.05, 0.1) is 10.8 Å². The van der Waals surface area contributed by atoms with Gasteiger partial charge < -0.3 is 9.97 Å². The van der Waals surface area contributed by atoms with Crippen molar-refractivity contribution in [1.82, 2.24) is 44.8 Å². The number of H-pyrrole nitrogens is 2. The van der Waals surface area contributed by atoms with Crippen LogP contribution in [-0.2, 0) is 27.1 Å². The minimum atomic E-state index is -0.576. The second-order valence-electron chi connectivity index (χ2n) is 42.2. The van der Waals surface area contributed by atoms with Crippen LogP contribution in [0.15, 0.2) is 72.8 Å². The lowest BCUT2D eigenvalue weighted by atomic mass is 9.49. The summed E-state index contributed by atoms with van der Waals surface area (Å²) in [5, 5.41) is 91.5. The Bertz CT molecular complexity index is 11100. The molecule has 0 saturated carbocycles. The molecule has 8 bridgehead atoms. The molecule has 9 heteroatoms. The molecule has 3 aliphatic heterocycles. The molecule has 0 radical (unpaired) electrons. The van der Waals surface area contributed by atoms with Crippen molar-refractivity contribution in [1.29, 1.82) is 0 Å². The lowest BCUT2D eigenvalue weighted by Crippen LogP contribution is -2.50. The standard InChI is InChI=1S/C107H47N9/c1-103(2,3)25-15-18-28-32(21-25)100-110-95-27-17-14-24(20-31(27)99(109-95)113-98-30-12-11-13-34(105(7,8)9)35(30)102(114-98)115-101-33-22-26(104(4,5)6)16-19-29(33)97(112-101)108-96(28)111-100)94-107-92-85-77-65-57-48-39-37-36-38-42(39)51-58-56-47(38)49-45-40(36)43-44-41(37)46-50(48)63(65)71-69-55(46)53(44)61-60-52(43)54(45)68-70-62(49)64(56)76-78-66(58)67(59(51)57)79(77)88(92)87(78)90-83(76)81(70)84-74(68)72(60)80-73(61)75(69)86(82(71)85)93(107)89(80)91(84)106(90,107)23-116(94)10/h11-22,94H,23H2,1-10H3,(H2,108,109,110,111,112,113,114,115). The monoisotopic (exact) mass is 1460 g/mol. The summed E-state index contributed by atoms with van der Waals surface area (Å²) < 4.78 is 0. The number of likely N-dealkylation sites (tertiary alicyclic amines) is 1. The SMILES string of the molecule is CN1CC23c4c5c6c7c8c9c(c%10c%11c2c2c%12c4c4c%13c5c5c7c7c8c8c%14c9c%10c9c%10c%11c2c2c%11c%12c4c4c%12c%13c5c5c7c7c8c8c%14c9c9c%10c2c2c%11c4c4c%12c5c7c5c8c9c2c45)C63C1c1ccc2c(c1)-c1nc-2nc2[nH]c(nc3nc(nc4[nH]c(n1)c1cccc(C(C)(C)C)c41)-c1cc(C(C)(C)C)ccc1-3)c1ccc(C(C)(C)C)cc21. The second kappa shape index (κ2) is 13.4. The molecule has 35 aromatic rings. The van der Waals surface area contributed by atoms with E-state index < -0.39 is 10.8 Å². The molecule has 42 rings (SSSR count). The van der Waals surface area contributed by atoms with Crippen LogP contribution >= 0.6 is 0 Å². The molecule has 2 spiro atoms. The first-order valence-corrected chi connectivity index (χ1v) is 42.3. The van der Waals surface area contributed by atoms with Crippen LogP contribution in [0.2, 0.25) is 0 Å². The molecule has 0 amide bonds. The molecule has 3 unspecified atom stereocenters. The Morgan fingerprint density at radius 2 is 0.595 bits per heavy atom. The second-order valence-corrected chi connectivity index (χ2v) is 42.2. The van der Waals surface area contributed by atoms with Gasteiger partial charge in [0.25, 0.3) is 0 Å². The molecule has 1 saturated heterocycles. The summed E-state index contributed by atoms with van der Waals surface area (Å²) in [6.45, 7) is 21.6. The molecule has 520 valence electrons. The predicted octanol–water partition coefficient (Wildman–Crippen LogP) is 27.1. The zero-order valence-corrected chi connectivity index (χ0v) is 63.8. The smallest absolute Gasteiger partial charge is 0.164 e. The topological polar surface area (TPSA) is 112 Å². The first-order valence-electron chi connectivity index (χ1n) is 42.3. The first-order chi connectivity index (χ1) is 56.5. The van der Waals surface area contributed by atoms with Gasteiger partial charge in [0, 0.05) is 56.4 Å². The highest BCUT2D eigenvalue weighted by atomic mass is 15.2. The summed E-state index contributed by atoms with van der Waals surface area (Å²) >= 11 is 0. The molecular formula is C107H47N9. The van der Waals surface area contributed by atoms with Crippen LogP contribution in [0.1, 0.15) is 113 Å². The highest BCUT2D eigenvalue weighted by Gasteiger charge is 2.76. The minimum Gasteiger partial charge on any atom is -0.324 e. The van der Waals surface area contributed by atoms with Crippen molar-refractivity contribution in [2.24, 2.45) is 0 Å². The summed E-state index contributed by atoms with van der Waals surface area (Å²) in [7, 11) is 2.58. The Morgan fingerprint density at radius 1 is 0.276 bits per heavy atom. The number of aromatic amines is 2. The van der Waals surface area contributed by atoms with Crippen LogP contribution in [0.5, 0.6) is 0 Å². The van der Waals surface area contributed by atoms with Crippen molar-refractivity contribution in [3.8, 4) is 45.6 Å². The van der Waals surface area contributed by atoms with Crippen molar-refractivity contribution < 1.29 is 0 Å². The lowest BCUT2D eigenvalue weighted by molar-refractivity contribution is 0.272. The number of likely N-dealkylation sites (N-methyl/N-ethyl adjacent to an activating group) is 1. The van der Waals surface area contributed by atoms with Crippen LogP contribution < -0.4 is 0 Å². The van der Waals surface area contributed by atoms with Crippen molar-refractivity contribution in [3.05, 3.63) is 117 Å². The summed E-state index contributed by atoms with van der Waals surface area (Å²) in [5.74, 6) is 2.50. The largest absolute Gasteiger partial charge is 0.324 e. The fraction of sp³-hybridized carbons (Fsp3) is 0.159. The third-order valence-corrected chi connectivity index (χ3v) is 35.6. The number of hydrogen-bond donors (Lipinski definition) is 2. The van der Waals surface area contributed by atoms with E-state index in [0.717, 1.165) is 56.0 Å². The zero-order valence-electron chi connectivity index (χ0n) is 63.8. The number of fused-ring (bicyclic) bond motifs is 20. The van der Waals surface area contributed by atoms with Crippen molar-refractivity contribution in [3.63, 3.8) is 0 Å². The van der Waals surface area contributed by atoms with E-state index >= 15 is 0 Å². The Hall–Kier alpha value is -13.3. The number of nitrogens with one attached hydrogen (secondary N) is 2. The van der Waals surface area contributed by atoms with E-state index in [1.807, 2.05) is 0 Å². The number of hydrogen-bond acceptors (Lipinski definition) is 7. The van der Waals surface area contributed by atoms with E-state index in [2.05, 4.69) is 157 Å². The molecule has 7 aliphatic rings. The van der Waals surface area contributed by atoms with E-state index in [9.17, 15) is 0 Å². The number of rotatable bonds is 1. The summed E-state index contributed by atoms with van der Waals surface area (Å²) in [5.41, 5.74) is 16.8. The molecule has 2 N–H and O–H groups in total. The predicted molar refractivity (Wildman–Crippen MR) is 481 cm³/mol. The van der Waals surface area contributed by atoms with Crippen molar-refractivity contribution >= 4 is 335 Å². The first kappa shape index (κ1) is 52.1. The highest BCUT2D eigenvalue weighted by molar-refractivity contribution is 6.82. The fourth-order valence-electron chi connectivity index (χ4n) is 33.1. The molecule has 6 heterocycles. The normalized spacial score (nSPS) is 19.9. The van der Waals surface area contributed by atoms with Gasteiger partial charge >= 0.3 is 0 Å². The van der Waals surface area contributed by atoms with Crippen LogP contribution in [0, 0.1) is 0 Å². The van der Waals surface area contributed by atoms with Crippen LogP contribution in [-0.4, -0.2) is 58.4 Å². The summed E-state index contributed by atoms with van der Waals surface area (Å²) in [6, 6.07) is 27.8. The van der Waals surface area contributed by atoms with Gasteiger partial charge in [0.15, 0.2) is 23.3 Å². The Balaban J connectivity index is 0.699. The maximum absolute atomic E-state index is 6.02. The van der Waals surface area contributed by atoms with E-state index in [1.165, 1.54) is 22.3 Å². The van der Waals surface area contributed by atoms with Gasteiger partial charge in [-0.3, -0.25) is 4.90 Å². The number of nitrogens with zero attached hydrogens (tertiary/aromatic N) is 7. The molecule has 3 aromatic heterocycles. The quantitative estimate of drug-likeness (QED) is 0.157. The number of benzene rings is 21. The summed E-state index contributed by atoms with van der Waals surface area (Å²) in [4.78, 5) is 45.4. The van der Waals surface area contributed by atoms with Gasteiger partial charge in [-0.2, -0.15) is 0 Å². The fourth-order valence-corrected chi connectivity index (χ4v) is 33.1. The van der Waals surface area contributed by atoms with E-state index in [-0.39, 0.29) is 22.3 Å². The average molecular weight is 1460 g/mol. The van der Waals surface area contributed by atoms with E-state index in [1.54, 1.807) is 313 Å². The van der Waals surface area contributed by atoms with E-state index in [4.69, 9.17) is 29.9 Å². The maximum atomic E-state index is 6.02. The van der Waals surface area contributed by atoms with Gasteiger partial charge in [-0.1, -0.05) is 117 Å². The van der Waals surface area contributed by atoms with Gasteiger partial charge in [0.1, 0.15) is 22.6 Å². The molecule has 9 nitrogen and oxygen atoms in total. The highest BCUT2D eigenvalue weighted by Crippen LogP contribution is 2.87. The Kier molecular flexibility index (Phi) is 6.00. The molecule has 116 heavy (non-hydrogen) atoms. The van der Waals surface area contributed by atoms with Crippen molar-refractivity contribution in [2.45, 2.75) is 95.4 Å². The maximum Gasteiger partial charge on any atom is 0.164 e. The molecule has 1 fully saturated rings. The van der Waals surface area contributed by atoms with Gasteiger partial charge in [-0.05, 0) is 377 Å². The van der Waals surface area contributed by atoms with Crippen LogP contribution in [0.25, 0.3) is 381 Å². The number of aromatic nitrogens is 8. The van der Waals surface area contributed by atoms with Gasteiger partial charge in [-0.15, -0.1) is 0 Å². The minimum absolute atomic E-state index is 0.124. The molecule has 32 aromatic carbocycles. The molecule has 4 aliphatic carbocycles. The third-order valence-electron chi connectivity index (χ3n) is 35.6. The van der Waals surface area contributed by atoms with Gasteiger partial charge in [0.2, 0.25) is 0 Å². The summed E-state index contributed by atoms with van der Waals surface area (Å²) in [6.07, 6.45) is 0.